The van der Waals surface area contributed by atoms with Gasteiger partial charge in [0.15, 0.2) is 0 Å². The Morgan fingerprint density at radius 3 is 2.75 bits per heavy atom. The lowest BCUT2D eigenvalue weighted by atomic mass is 9.77. The van der Waals surface area contributed by atoms with Gasteiger partial charge in [0, 0.05) is 0 Å². The van der Waals surface area contributed by atoms with Crippen LogP contribution in [0.25, 0.3) is 0 Å². The quantitative estimate of drug-likeness (QED) is 0.595. The SMILES string of the molecule is Cc1cc(OS(N)(=O)=O)cc2c1C(CC(=O)O)OB2O. The van der Waals surface area contributed by atoms with Gasteiger partial charge in [0.2, 0.25) is 0 Å². The molecule has 0 saturated heterocycles. The van der Waals surface area contributed by atoms with Crippen molar-refractivity contribution in [1.82, 2.24) is 0 Å². The molecule has 1 aromatic carbocycles. The highest BCUT2D eigenvalue weighted by Gasteiger charge is 2.38. The fourth-order valence-electron chi connectivity index (χ4n) is 2.22. The van der Waals surface area contributed by atoms with Crippen LogP contribution in [0.5, 0.6) is 5.75 Å². The number of rotatable bonds is 4. The summed E-state index contributed by atoms with van der Waals surface area (Å²) < 4.78 is 31.5. The highest BCUT2D eigenvalue weighted by atomic mass is 32.2. The minimum absolute atomic E-state index is 0.0672. The van der Waals surface area contributed by atoms with E-state index in [-0.39, 0.29) is 17.6 Å². The molecule has 1 aliphatic rings. The predicted molar refractivity (Wildman–Crippen MR) is 68.6 cm³/mol. The maximum atomic E-state index is 10.9. The molecule has 1 heterocycles. The molecular formula is C10H12BNO7S. The molecule has 0 radical (unpaired) electrons. The summed E-state index contributed by atoms with van der Waals surface area (Å²) in [5.74, 6) is -1.14. The summed E-state index contributed by atoms with van der Waals surface area (Å²) in [6.07, 6.45) is -1.10. The second kappa shape index (κ2) is 5.06. The summed E-state index contributed by atoms with van der Waals surface area (Å²) in [6, 6.07) is 2.65. The van der Waals surface area contributed by atoms with Gasteiger partial charge in [-0.1, -0.05) is 0 Å². The van der Waals surface area contributed by atoms with E-state index in [9.17, 15) is 18.2 Å². The third kappa shape index (κ3) is 3.10. The predicted octanol–water partition coefficient (Wildman–Crippen LogP) is -1.19. The molecule has 1 unspecified atom stereocenters. The largest absolute Gasteiger partial charge is 0.492 e. The van der Waals surface area contributed by atoms with E-state index in [2.05, 4.69) is 4.18 Å². The molecule has 0 bridgehead atoms. The maximum absolute atomic E-state index is 10.9. The molecule has 8 nitrogen and oxygen atoms in total. The van der Waals surface area contributed by atoms with Gasteiger partial charge in [-0.3, -0.25) is 4.79 Å². The molecule has 0 aliphatic carbocycles. The molecule has 0 spiro atoms. The first-order chi connectivity index (χ1) is 9.17. The Kier molecular flexibility index (Phi) is 3.74. The van der Waals surface area contributed by atoms with Crippen LogP contribution in [0.1, 0.15) is 23.7 Å². The van der Waals surface area contributed by atoms with Crippen molar-refractivity contribution in [3.63, 3.8) is 0 Å². The average molecular weight is 301 g/mol. The van der Waals surface area contributed by atoms with Crippen LogP contribution in [0.3, 0.4) is 0 Å². The Labute approximate surface area is 115 Å². The van der Waals surface area contributed by atoms with Gasteiger partial charge in [0.05, 0.1) is 12.5 Å². The monoisotopic (exact) mass is 301 g/mol. The highest BCUT2D eigenvalue weighted by Crippen LogP contribution is 2.31. The van der Waals surface area contributed by atoms with E-state index >= 15 is 0 Å². The van der Waals surface area contributed by atoms with Gasteiger partial charge < -0.3 is 19.0 Å². The third-order valence-corrected chi connectivity index (χ3v) is 3.27. The van der Waals surface area contributed by atoms with Crippen molar-refractivity contribution < 1.29 is 32.2 Å². The fraction of sp³-hybridized carbons (Fsp3) is 0.300. The van der Waals surface area contributed by atoms with E-state index in [4.69, 9.17) is 14.9 Å². The van der Waals surface area contributed by atoms with Crippen LogP contribution in [-0.4, -0.2) is 31.6 Å². The Morgan fingerprint density at radius 2 is 2.20 bits per heavy atom. The van der Waals surface area contributed by atoms with Crippen LogP contribution >= 0.6 is 0 Å². The van der Waals surface area contributed by atoms with Crippen LogP contribution in [0.4, 0.5) is 0 Å². The maximum Gasteiger partial charge on any atom is 0.492 e. The van der Waals surface area contributed by atoms with E-state index in [0.717, 1.165) is 0 Å². The molecule has 1 aromatic rings. The number of aliphatic carboxylic acids is 1. The van der Waals surface area contributed by atoms with Gasteiger partial charge in [-0.2, -0.15) is 13.6 Å². The number of carboxylic acid groups (broad SMARTS) is 1. The van der Waals surface area contributed by atoms with Gasteiger partial charge in [-0.25, -0.2) is 0 Å². The summed E-state index contributed by atoms with van der Waals surface area (Å²) in [4.78, 5) is 10.8. The lowest BCUT2D eigenvalue weighted by Gasteiger charge is -2.12. The van der Waals surface area contributed by atoms with Crippen molar-refractivity contribution in [2.45, 2.75) is 19.4 Å². The molecular weight excluding hydrogens is 289 g/mol. The standard InChI is InChI=1S/C10H12BNO7S/c1-5-2-6(19-20(12,16)17)3-7-10(5)8(4-9(13)14)18-11(7)15/h2-3,8,15H,4H2,1H3,(H,13,14)(H2,12,16,17). The zero-order chi connectivity index (χ0) is 15.1. The number of carbonyl (C=O) groups is 1. The fourth-order valence-corrected chi connectivity index (χ4v) is 2.59. The van der Waals surface area contributed by atoms with E-state index in [1.165, 1.54) is 12.1 Å². The third-order valence-electron chi connectivity index (χ3n) is 2.85. The minimum atomic E-state index is -4.18. The first-order valence-electron chi connectivity index (χ1n) is 5.59. The molecule has 0 aromatic heterocycles. The molecule has 0 amide bonds. The van der Waals surface area contributed by atoms with Crippen molar-refractivity contribution in [1.29, 1.82) is 0 Å². The van der Waals surface area contributed by atoms with Crippen LogP contribution in [0, 0.1) is 6.92 Å². The second-order valence-corrected chi connectivity index (χ2v) is 5.55. The lowest BCUT2D eigenvalue weighted by Crippen LogP contribution is -2.29. The van der Waals surface area contributed by atoms with Crippen molar-refractivity contribution >= 4 is 28.9 Å². The Morgan fingerprint density at radius 1 is 1.55 bits per heavy atom. The normalized spacial score (nSPS) is 17.9. The molecule has 0 saturated carbocycles. The van der Waals surface area contributed by atoms with E-state index in [1.807, 2.05) is 0 Å². The van der Waals surface area contributed by atoms with Gasteiger partial charge in [-0.15, -0.1) is 0 Å². The number of hydrogen-bond acceptors (Lipinski definition) is 6. The Hall–Kier alpha value is -1.62. The zero-order valence-corrected chi connectivity index (χ0v) is 11.3. The highest BCUT2D eigenvalue weighted by molar-refractivity contribution is 7.84. The number of carboxylic acids is 1. The molecule has 1 atom stereocenters. The van der Waals surface area contributed by atoms with Crippen LogP contribution < -0.4 is 14.8 Å². The smallest absolute Gasteiger partial charge is 0.481 e. The summed E-state index contributed by atoms with van der Waals surface area (Å²) in [5.41, 5.74) is 1.33. The van der Waals surface area contributed by atoms with E-state index < -0.39 is 29.5 Å². The molecule has 1 aliphatic heterocycles. The van der Waals surface area contributed by atoms with Gasteiger partial charge in [0.1, 0.15) is 5.75 Å². The van der Waals surface area contributed by atoms with Crippen LogP contribution in [-0.2, 0) is 19.8 Å². The summed E-state index contributed by atoms with van der Waals surface area (Å²) >= 11 is 0. The molecule has 2 rings (SSSR count). The topological polar surface area (TPSA) is 136 Å². The van der Waals surface area contributed by atoms with Gasteiger partial charge in [0.25, 0.3) is 0 Å². The van der Waals surface area contributed by atoms with E-state index in [1.54, 1.807) is 6.92 Å². The van der Waals surface area contributed by atoms with Crippen molar-refractivity contribution in [3.05, 3.63) is 23.3 Å². The van der Waals surface area contributed by atoms with Crippen LogP contribution in [0.2, 0.25) is 0 Å². The summed E-state index contributed by atoms with van der Waals surface area (Å²) in [5, 5.41) is 23.3. The zero-order valence-electron chi connectivity index (χ0n) is 10.4. The molecule has 0 fully saturated rings. The molecule has 108 valence electrons. The number of aryl methyl sites for hydroxylation is 1. The number of fused-ring (bicyclic) bond motifs is 1. The van der Waals surface area contributed by atoms with Crippen molar-refractivity contribution in [2.24, 2.45) is 5.14 Å². The van der Waals surface area contributed by atoms with Gasteiger partial charge in [-0.05, 0) is 35.6 Å². The minimum Gasteiger partial charge on any atom is -0.481 e. The van der Waals surface area contributed by atoms with Crippen molar-refractivity contribution in [2.75, 3.05) is 0 Å². The number of hydrogen-bond donors (Lipinski definition) is 3. The molecule has 10 heteroatoms. The summed E-state index contributed by atoms with van der Waals surface area (Å²) in [7, 11) is -5.51. The van der Waals surface area contributed by atoms with Crippen LogP contribution in [0.15, 0.2) is 12.1 Å². The molecule has 20 heavy (non-hydrogen) atoms. The first kappa shape index (κ1) is 14.8. The first-order valence-corrected chi connectivity index (χ1v) is 7.06. The lowest BCUT2D eigenvalue weighted by molar-refractivity contribution is -0.138. The number of nitrogens with two attached hydrogens (primary N) is 1. The average Bonchev–Trinajstić information content (AvgIpc) is 2.52. The van der Waals surface area contributed by atoms with E-state index in [0.29, 0.717) is 11.1 Å². The number of benzene rings is 1. The Bertz CT molecular complexity index is 660. The second-order valence-electron chi connectivity index (χ2n) is 4.39. The molecule has 4 N–H and O–H groups in total. The van der Waals surface area contributed by atoms with Gasteiger partial charge >= 0.3 is 23.4 Å². The van der Waals surface area contributed by atoms with Crippen molar-refractivity contribution in [3.8, 4) is 5.75 Å². The summed E-state index contributed by atoms with van der Waals surface area (Å²) in [6.45, 7) is 1.63. The Balaban J connectivity index is 2.42.